The van der Waals surface area contributed by atoms with E-state index in [1.165, 1.54) is 11.3 Å². The monoisotopic (exact) mass is 356 g/mol. The maximum absolute atomic E-state index is 5.66. The summed E-state index contributed by atoms with van der Waals surface area (Å²) in [4.78, 5) is 2.27. The number of ether oxygens (including phenoxy) is 1. The van der Waals surface area contributed by atoms with E-state index in [1.807, 2.05) is 0 Å². The smallest absolute Gasteiger partial charge is 0.0644 e. The highest BCUT2D eigenvalue weighted by atomic mass is 79.9. The molecule has 0 amide bonds. The minimum Gasteiger partial charge on any atom is -0.377 e. The van der Waals surface area contributed by atoms with Crippen molar-refractivity contribution in [1.29, 1.82) is 0 Å². The molecule has 1 unspecified atom stereocenters. The number of hydrogen-bond acceptors (Lipinski definition) is 3. The van der Waals surface area contributed by atoms with Crippen molar-refractivity contribution in [2.24, 2.45) is 0 Å². The van der Waals surface area contributed by atoms with Gasteiger partial charge in [0, 0.05) is 29.8 Å². The van der Waals surface area contributed by atoms with Crippen LogP contribution < -0.4 is 10.2 Å². The van der Waals surface area contributed by atoms with Gasteiger partial charge in [0.2, 0.25) is 0 Å². The Kier molecular flexibility index (Phi) is 8.30. The van der Waals surface area contributed by atoms with E-state index in [2.05, 4.69) is 79.1 Å². The Labute approximate surface area is 138 Å². The second kappa shape index (κ2) is 9.44. The molecule has 0 saturated heterocycles. The van der Waals surface area contributed by atoms with Crippen molar-refractivity contribution in [1.82, 2.24) is 5.32 Å². The first-order chi connectivity index (χ1) is 9.95. The molecule has 0 bridgehead atoms. The lowest BCUT2D eigenvalue weighted by Gasteiger charge is -2.26. The minimum absolute atomic E-state index is 0.283. The third-order valence-electron chi connectivity index (χ3n) is 3.45. The first-order valence-electron chi connectivity index (χ1n) is 7.81. The fourth-order valence-corrected chi connectivity index (χ4v) is 2.58. The van der Waals surface area contributed by atoms with Crippen LogP contribution in [0.15, 0.2) is 22.7 Å². The highest BCUT2D eigenvalue weighted by Crippen LogP contribution is 2.29. The van der Waals surface area contributed by atoms with Gasteiger partial charge in [-0.3, -0.25) is 0 Å². The summed E-state index contributed by atoms with van der Waals surface area (Å²) in [5, 5.41) is 3.56. The quantitative estimate of drug-likeness (QED) is 0.710. The Balaban J connectivity index is 2.80. The molecule has 120 valence electrons. The molecule has 0 aromatic heterocycles. The largest absolute Gasteiger partial charge is 0.377 e. The summed E-state index contributed by atoms with van der Waals surface area (Å²) in [7, 11) is 2.13. The zero-order valence-corrected chi connectivity index (χ0v) is 15.5. The molecule has 0 heterocycles. The molecule has 1 N–H and O–H groups in total. The molecule has 3 nitrogen and oxygen atoms in total. The van der Waals surface area contributed by atoms with Crippen LogP contribution in [0, 0.1) is 0 Å². The SMILES string of the molecule is CCCNC(C)c1ccc(Br)cc1N(C)CCOC(C)C. The average molecular weight is 357 g/mol. The number of benzene rings is 1. The second-order valence-corrected chi connectivity index (χ2v) is 6.64. The average Bonchev–Trinajstić information content (AvgIpc) is 2.44. The molecule has 0 aliphatic rings. The topological polar surface area (TPSA) is 24.5 Å². The first kappa shape index (κ1) is 18.5. The van der Waals surface area contributed by atoms with Gasteiger partial charge in [-0.2, -0.15) is 0 Å². The number of halogens is 1. The van der Waals surface area contributed by atoms with Crippen molar-refractivity contribution in [3.05, 3.63) is 28.2 Å². The van der Waals surface area contributed by atoms with Gasteiger partial charge in [0.25, 0.3) is 0 Å². The van der Waals surface area contributed by atoms with E-state index >= 15 is 0 Å². The van der Waals surface area contributed by atoms with Crippen LogP contribution in [0.4, 0.5) is 5.69 Å². The molecule has 0 radical (unpaired) electrons. The molecule has 0 aliphatic heterocycles. The van der Waals surface area contributed by atoms with E-state index < -0.39 is 0 Å². The predicted molar refractivity (Wildman–Crippen MR) is 95.2 cm³/mol. The van der Waals surface area contributed by atoms with Crippen LogP contribution >= 0.6 is 15.9 Å². The second-order valence-electron chi connectivity index (χ2n) is 5.72. The summed E-state index contributed by atoms with van der Waals surface area (Å²) in [6.07, 6.45) is 1.43. The fraction of sp³-hybridized carbons (Fsp3) is 0.647. The lowest BCUT2D eigenvalue weighted by molar-refractivity contribution is 0.0846. The van der Waals surface area contributed by atoms with Gasteiger partial charge >= 0.3 is 0 Å². The van der Waals surface area contributed by atoms with Gasteiger partial charge in [-0.15, -0.1) is 0 Å². The zero-order chi connectivity index (χ0) is 15.8. The summed E-state index contributed by atoms with van der Waals surface area (Å²) in [6.45, 7) is 11.2. The minimum atomic E-state index is 0.283. The van der Waals surface area contributed by atoms with E-state index in [0.29, 0.717) is 6.04 Å². The third-order valence-corrected chi connectivity index (χ3v) is 3.94. The molecule has 1 rings (SSSR count). The van der Waals surface area contributed by atoms with Gasteiger partial charge in [0.1, 0.15) is 0 Å². The molecule has 0 spiro atoms. The summed E-state index contributed by atoms with van der Waals surface area (Å²) in [6, 6.07) is 6.85. The Bertz CT molecular complexity index is 423. The lowest BCUT2D eigenvalue weighted by Crippen LogP contribution is -2.27. The lowest BCUT2D eigenvalue weighted by atomic mass is 10.1. The Morgan fingerprint density at radius 1 is 1.29 bits per heavy atom. The van der Waals surface area contributed by atoms with Gasteiger partial charge in [-0.05, 0) is 51.4 Å². The summed E-state index contributed by atoms with van der Waals surface area (Å²) < 4.78 is 6.77. The predicted octanol–water partition coefficient (Wildman–Crippen LogP) is 4.37. The number of anilines is 1. The van der Waals surface area contributed by atoms with E-state index in [-0.39, 0.29) is 6.10 Å². The maximum atomic E-state index is 5.66. The highest BCUT2D eigenvalue weighted by Gasteiger charge is 2.13. The van der Waals surface area contributed by atoms with Gasteiger partial charge < -0.3 is 15.0 Å². The summed E-state index contributed by atoms with van der Waals surface area (Å²) in [5.74, 6) is 0. The fourth-order valence-electron chi connectivity index (χ4n) is 2.23. The number of rotatable bonds is 9. The van der Waals surface area contributed by atoms with E-state index in [9.17, 15) is 0 Å². The van der Waals surface area contributed by atoms with E-state index in [0.717, 1.165) is 30.6 Å². The van der Waals surface area contributed by atoms with Gasteiger partial charge in [-0.1, -0.05) is 28.9 Å². The van der Waals surface area contributed by atoms with Crippen molar-refractivity contribution >= 4 is 21.6 Å². The highest BCUT2D eigenvalue weighted by molar-refractivity contribution is 9.10. The molecule has 0 fully saturated rings. The number of likely N-dealkylation sites (N-methyl/N-ethyl adjacent to an activating group) is 1. The van der Waals surface area contributed by atoms with Crippen LogP contribution in [-0.4, -0.2) is 32.8 Å². The maximum Gasteiger partial charge on any atom is 0.0644 e. The number of nitrogens with one attached hydrogen (secondary N) is 1. The van der Waals surface area contributed by atoms with Crippen LogP contribution in [0.25, 0.3) is 0 Å². The molecule has 21 heavy (non-hydrogen) atoms. The third kappa shape index (κ3) is 6.37. The van der Waals surface area contributed by atoms with Crippen molar-refractivity contribution < 1.29 is 4.74 Å². The van der Waals surface area contributed by atoms with Crippen LogP contribution in [-0.2, 0) is 4.74 Å². The van der Waals surface area contributed by atoms with Crippen molar-refractivity contribution in [2.45, 2.75) is 46.3 Å². The molecular weight excluding hydrogens is 328 g/mol. The van der Waals surface area contributed by atoms with E-state index in [1.54, 1.807) is 0 Å². The molecular formula is C17H29BrN2O. The first-order valence-corrected chi connectivity index (χ1v) is 8.60. The van der Waals surface area contributed by atoms with Crippen molar-refractivity contribution in [2.75, 3.05) is 31.6 Å². The summed E-state index contributed by atoms with van der Waals surface area (Å²) >= 11 is 3.58. The molecule has 0 aliphatic carbocycles. The molecule has 4 heteroatoms. The van der Waals surface area contributed by atoms with E-state index in [4.69, 9.17) is 4.74 Å². The van der Waals surface area contributed by atoms with Crippen LogP contribution in [0.5, 0.6) is 0 Å². The zero-order valence-electron chi connectivity index (χ0n) is 13.9. The van der Waals surface area contributed by atoms with Gasteiger partial charge in [0.05, 0.1) is 12.7 Å². The van der Waals surface area contributed by atoms with Crippen LogP contribution in [0.1, 0.15) is 45.7 Å². The molecule has 1 aromatic carbocycles. The van der Waals surface area contributed by atoms with Gasteiger partial charge in [0.15, 0.2) is 0 Å². The Hall–Kier alpha value is -0.580. The van der Waals surface area contributed by atoms with Gasteiger partial charge in [-0.25, -0.2) is 0 Å². The molecule has 1 aromatic rings. The van der Waals surface area contributed by atoms with Crippen LogP contribution in [0.3, 0.4) is 0 Å². The summed E-state index contributed by atoms with van der Waals surface area (Å²) in [5.41, 5.74) is 2.59. The van der Waals surface area contributed by atoms with Crippen molar-refractivity contribution in [3.8, 4) is 0 Å². The number of hydrogen-bond donors (Lipinski definition) is 1. The molecule has 1 atom stereocenters. The molecule has 0 saturated carbocycles. The Morgan fingerprint density at radius 3 is 2.62 bits per heavy atom. The van der Waals surface area contributed by atoms with Crippen molar-refractivity contribution in [3.63, 3.8) is 0 Å². The standard InChI is InChI=1S/C17H29BrN2O/c1-6-9-19-14(4)16-8-7-15(18)12-17(16)20(5)10-11-21-13(2)3/h7-8,12-14,19H,6,9-11H2,1-5H3. The van der Waals surface area contributed by atoms with Crippen LogP contribution in [0.2, 0.25) is 0 Å². The number of nitrogens with zero attached hydrogens (tertiary/aromatic N) is 1. The normalized spacial score (nSPS) is 12.7. The Morgan fingerprint density at radius 2 is 2.00 bits per heavy atom.